The molecule has 2 aromatic heterocycles. The SMILES string of the molecule is C=CCn1c(SC(C)C(=O)c2ccc(F)cc2F)nnc1-c1ccoc1C. The molecule has 0 amide bonds. The van der Waals surface area contributed by atoms with E-state index in [4.69, 9.17) is 4.42 Å². The maximum Gasteiger partial charge on any atom is 0.192 e. The highest BCUT2D eigenvalue weighted by molar-refractivity contribution is 8.00. The van der Waals surface area contributed by atoms with E-state index in [2.05, 4.69) is 16.8 Å². The molecule has 1 unspecified atom stereocenters. The number of Topliss-reactive ketones (excluding diaryl/α,β-unsaturated/α-hetero) is 1. The van der Waals surface area contributed by atoms with Gasteiger partial charge in [0.15, 0.2) is 16.8 Å². The molecular weight excluding hydrogens is 372 g/mol. The molecule has 1 aromatic carbocycles. The highest BCUT2D eigenvalue weighted by Gasteiger charge is 2.24. The Morgan fingerprint density at radius 3 is 2.78 bits per heavy atom. The van der Waals surface area contributed by atoms with Crippen molar-refractivity contribution in [2.75, 3.05) is 0 Å². The van der Waals surface area contributed by atoms with Crippen molar-refractivity contribution in [3.63, 3.8) is 0 Å². The standard InChI is InChI=1S/C19H17F2N3O2S/c1-4-8-24-18(14-7-9-26-11(14)2)22-23-19(24)27-12(3)17(25)15-6-5-13(20)10-16(15)21/h4-7,9-10,12H,1,8H2,2-3H3. The molecule has 3 aromatic rings. The van der Waals surface area contributed by atoms with Gasteiger partial charge >= 0.3 is 0 Å². The zero-order valence-corrected chi connectivity index (χ0v) is 15.6. The fourth-order valence-electron chi connectivity index (χ4n) is 2.61. The number of aryl methyl sites for hydroxylation is 1. The van der Waals surface area contributed by atoms with Crippen LogP contribution in [0.25, 0.3) is 11.4 Å². The van der Waals surface area contributed by atoms with Crippen molar-refractivity contribution in [1.29, 1.82) is 0 Å². The van der Waals surface area contributed by atoms with Gasteiger partial charge in [-0.15, -0.1) is 16.8 Å². The van der Waals surface area contributed by atoms with Crippen molar-refractivity contribution in [2.24, 2.45) is 0 Å². The maximum absolute atomic E-state index is 13.9. The Hall–Kier alpha value is -2.74. The van der Waals surface area contributed by atoms with E-state index in [1.807, 2.05) is 6.92 Å². The third-order valence-corrected chi connectivity index (χ3v) is 5.06. The molecule has 0 aliphatic rings. The molecule has 0 fully saturated rings. The lowest BCUT2D eigenvalue weighted by Gasteiger charge is -2.12. The van der Waals surface area contributed by atoms with Gasteiger partial charge in [-0.1, -0.05) is 17.8 Å². The fourth-order valence-corrected chi connectivity index (χ4v) is 3.53. The van der Waals surface area contributed by atoms with Crippen LogP contribution < -0.4 is 0 Å². The van der Waals surface area contributed by atoms with Crippen molar-refractivity contribution < 1.29 is 18.0 Å². The first-order valence-electron chi connectivity index (χ1n) is 8.16. The zero-order valence-electron chi connectivity index (χ0n) is 14.8. The Morgan fingerprint density at radius 2 is 2.15 bits per heavy atom. The number of hydrogen-bond donors (Lipinski definition) is 0. The van der Waals surface area contributed by atoms with Gasteiger partial charge in [0.1, 0.15) is 17.4 Å². The molecule has 27 heavy (non-hydrogen) atoms. The van der Waals surface area contributed by atoms with Gasteiger partial charge in [0.25, 0.3) is 0 Å². The predicted molar refractivity (Wildman–Crippen MR) is 98.7 cm³/mol. The summed E-state index contributed by atoms with van der Waals surface area (Å²) in [6.07, 6.45) is 3.26. The fraction of sp³-hybridized carbons (Fsp3) is 0.211. The molecule has 0 radical (unpaired) electrons. The number of halogens is 2. The second kappa shape index (κ2) is 7.87. The summed E-state index contributed by atoms with van der Waals surface area (Å²) < 4.78 is 34.1. The molecule has 0 N–H and O–H groups in total. The second-order valence-electron chi connectivity index (χ2n) is 5.84. The van der Waals surface area contributed by atoms with Crippen LogP contribution in [-0.2, 0) is 6.54 Å². The quantitative estimate of drug-likeness (QED) is 0.334. The summed E-state index contributed by atoms with van der Waals surface area (Å²) >= 11 is 1.15. The Morgan fingerprint density at radius 1 is 1.37 bits per heavy atom. The van der Waals surface area contributed by atoms with Crippen LogP contribution >= 0.6 is 11.8 Å². The average Bonchev–Trinajstić information content (AvgIpc) is 3.21. The molecular formula is C19H17F2N3O2S. The van der Waals surface area contributed by atoms with Crippen LogP contribution in [0, 0.1) is 18.6 Å². The van der Waals surface area contributed by atoms with Gasteiger partial charge < -0.3 is 4.42 Å². The number of furan rings is 1. The maximum atomic E-state index is 13.9. The lowest BCUT2D eigenvalue weighted by atomic mass is 10.1. The van der Waals surface area contributed by atoms with Gasteiger partial charge in [0, 0.05) is 12.6 Å². The van der Waals surface area contributed by atoms with E-state index >= 15 is 0 Å². The Bertz CT molecular complexity index is 997. The topological polar surface area (TPSA) is 60.9 Å². The molecule has 0 bridgehead atoms. The Labute approximate surface area is 159 Å². The molecule has 0 spiro atoms. The zero-order chi connectivity index (χ0) is 19.6. The van der Waals surface area contributed by atoms with Crippen LogP contribution in [0.15, 0.2) is 52.8 Å². The minimum atomic E-state index is -0.880. The van der Waals surface area contributed by atoms with E-state index in [9.17, 15) is 13.6 Å². The lowest BCUT2D eigenvalue weighted by Crippen LogP contribution is -2.16. The van der Waals surface area contributed by atoms with E-state index in [1.165, 1.54) is 0 Å². The number of aromatic nitrogens is 3. The molecule has 140 valence electrons. The normalized spacial score (nSPS) is 12.1. The van der Waals surface area contributed by atoms with Crippen molar-refractivity contribution in [3.05, 3.63) is 66.1 Å². The summed E-state index contributed by atoms with van der Waals surface area (Å²) in [7, 11) is 0. The molecule has 0 saturated carbocycles. The van der Waals surface area contributed by atoms with Crippen molar-refractivity contribution in [3.8, 4) is 11.4 Å². The highest BCUT2D eigenvalue weighted by atomic mass is 32.2. The van der Waals surface area contributed by atoms with Gasteiger partial charge in [-0.3, -0.25) is 9.36 Å². The van der Waals surface area contributed by atoms with E-state index in [-0.39, 0.29) is 5.56 Å². The summed E-state index contributed by atoms with van der Waals surface area (Å²) in [4.78, 5) is 12.6. The molecule has 5 nitrogen and oxygen atoms in total. The third-order valence-electron chi connectivity index (χ3n) is 3.98. The van der Waals surface area contributed by atoms with Crippen LogP contribution in [0.5, 0.6) is 0 Å². The van der Waals surface area contributed by atoms with Gasteiger partial charge in [-0.25, -0.2) is 8.78 Å². The summed E-state index contributed by atoms with van der Waals surface area (Å²) in [6.45, 7) is 7.64. The summed E-state index contributed by atoms with van der Waals surface area (Å²) in [5.74, 6) is -0.769. The minimum Gasteiger partial charge on any atom is -0.469 e. The van der Waals surface area contributed by atoms with Crippen LogP contribution in [0.3, 0.4) is 0 Å². The lowest BCUT2D eigenvalue weighted by molar-refractivity contribution is 0.0990. The first kappa shape index (κ1) is 19.0. The molecule has 8 heteroatoms. The Kier molecular flexibility index (Phi) is 5.55. The largest absolute Gasteiger partial charge is 0.469 e. The van der Waals surface area contributed by atoms with E-state index < -0.39 is 22.7 Å². The van der Waals surface area contributed by atoms with Crippen LogP contribution in [0.1, 0.15) is 23.0 Å². The van der Waals surface area contributed by atoms with Crippen LogP contribution in [0.4, 0.5) is 8.78 Å². The van der Waals surface area contributed by atoms with Crippen molar-refractivity contribution >= 4 is 17.5 Å². The number of ketones is 1. The smallest absolute Gasteiger partial charge is 0.192 e. The van der Waals surface area contributed by atoms with E-state index in [0.29, 0.717) is 29.4 Å². The van der Waals surface area contributed by atoms with Gasteiger partial charge in [-0.2, -0.15) is 0 Å². The predicted octanol–water partition coefficient (Wildman–Crippen LogP) is 4.67. The molecule has 3 rings (SSSR count). The summed E-state index contributed by atoms with van der Waals surface area (Å²) in [6, 6.07) is 4.70. The number of nitrogens with zero attached hydrogens (tertiary/aromatic N) is 3. The van der Waals surface area contributed by atoms with Crippen LogP contribution in [0.2, 0.25) is 0 Å². The average molecular weight is 389 g/mol. The number of hydrogen-bond acceptors (Lipinski definition) is 5. The van der Waals surface area contributed by atoms with E-state index in [0.717, 1.165) is 29.5 Å². The number of allylic oxidation sites excluding steroid dienone is 1. The molecule has 0 aliphatic carbocycles. The van der Waals surface area contributed by atoms with Crippen LogP contribution in [-0.4, -0.2) is 25.8 Å². The molecule has 0 saturated heterocycles. The molecule has 2 heterocycles. The monoisotopic (exact) mass is 389 g/mol. The van der Waals surface area contributed by atoms with Crippen molar-refractivity contribution in [2.45, 2.75) is 30.8 Å². The summed E-state index contributed by atoms with van der Waals surface area (Å²) in [5, 5.41) is 8.22. The third kappa shape index (κ3) is 3.85. The minimum absolute atomic E-state index is 0.155. The van der Waals surface area contributed by atoms with Crippen molar-refractivity contribution in [1.82, 2.24) is 14.8 Å². The first-order valence-corrected chi connectivity index (χ1v) is 9.04. The van der Waals surface area contributed by atoms with E-state index in [1.54, 1.807) is 29.9 Å². The Balaban J connectivity index is 1.88. The number of carbonyl (C=O) groups is 1. The second-order valence-corrected chi connectivity index (χ2v) is 7.15. The van der Waals surface area contributed by atoms with Gasteiger partial charge in [0.2, 0.25) is 0 Å². The first-order chi connectivity index (χ1) is 12.9. The summed E-state index contributed by atoms with van der Waals surface area (Å²) in [5.41, 5.74) is 0.636. The van der Waals surface area contributed by atoms with Gasteiger partial charge in [0.05, 0.1) is 22.6 Å². The van der Waals surface area contributed by atoms with Gasteiger partial charge in [-0.05, 0) is 32.0 Å². The number of thioether (sulfide) groups is 1. The number of benzene rings is 1. The highest BCUT2D eigenvalue weighted by Crippen LogP contribution is 2.30. The molecule has 1 atom stereocenters. The molecule has 0 aliphatic heterocycles. The number of rotatable bonds is 7. The number of carbonyl (C=O) groups excluding carboxylic acids is 1.